The summed E-state index contributed by atoms with van der Waals surface area (Å²) in [5, 5.41) is 6.15. The second kappa shape index (κ2) is 4.06. The summed E-state index contributed by atoms with van der Waals surface area (Å²) in [6.45, 7) is 1.86. The lowest BCUT2D eigenvalue weighted by molar-refractivity contribution is 0.0728. The fraction of sp³-hybridized carbons (Fsp3) is 0.0909. The number of anilines is 1. The van der Waals surface area contributed by atoms with Crippen molar-refractivity contribution < 1.29 is 9.53 Å². The highest BCUT2D eigenvalue weighted by Crippen LogP contribution is 2.18. The number of aromatic nitrogens is 2. The maximum atomic E-state index is 11.7. The summed E-state index contributed by atoms with van der Waals surface area (Å²) in [6, 6.07) is 7.25. The molecule has 0 saturated heterocycles. The third-order valence-electron chi connectivity index (χ3n) is 2.17. The number of hydrogen-bond donors (Lipinski definition) is 2. The summed E-state index contributed by atoms with van der Waals surface area (Å²) in [6.07, 6.45) is 1.37. The molecule has 0 atom stereocenters. The number of aromatic amines is 1. The number of ether oxygens (including phenoxy) is 1. The lowest BCUT2D eigenvalue weighted by Gasteiger charge is -2.05. The number of H-pyrrole nitrogens is 1. The number of carbonyl (C=O) groups excluding carboxylic acids is 1. The smallest absolute Gasteiger partial charge is 0.363 e. The maximum Gasteiger partial charge on any atom is 0.363 e. The van der Waals surface area contributed by atoms with E-state index in [0.717, 1.165) is 5.56 Å². The topological polar surface area (TPSA) is 81.0 Å². The standard InChI is InChI=1S/C11H11N3O2/c1-7-4-2-3-5-9(7)16-11(15)10-8(12)6-13-14-10/h2-6H,12H2,1H3,(H,13,14). The predicted octanol–water partition coefficient (Wildman–Crippen LogP) is 1.52. The first kappa shape index (κ1) is 10.2. The van der Waals surface area contributed by atoms with E-state index in [1.54, 1.807) is 12.1 Å². The van der Waals surface area contributed by atoms with Crippen LogP contribution in [0.4, 0.5) is 5.69 Å². The number of nitrogens with one attached hydrogen (secondary N) is 1. The number of nitrogens with zero attached hydrogens (tertiary/aromatic N) is 1. The number of benzene rings is 1. The van der Waals surface area contributed by atoms with Gasteiger partial charge >= 0.3 is 5.97 Å². The van der Waals surface area contributed by atoms with Gasteiger partial charge in [0.2, 0.25) is 0 Å². The molecule has 0 bridgehead atoms. The molecule has 82 valence electrons. The lowest BCUT2D eigenvalue weighted by atomic mass is 10.2. The third-order valence-corrected chi connectivity index (χ3v) is 2.17. The average Bonchev–Trinajstić information content (AvgIpc) is 2.68. The van der Waals surface area contributed by atoms with Crippen molar-refractivity contribution in [1.82, 2.24) is 10.2 Å². The molecule has 2 rings (SSSR count). The molecule has 0 aliphatic rings. The molecular formula is C11H11N3O2. The average molecular weight is 217 g/mol. The van der Waals surface area contributed by atoms with E-state index in [9.17, 15) is 4.79 Å². The molecule has 0 spiro atoms. The van der Waals surface area contributed by atoms with Gasteiger partial charge in [-0.3, -0.25) is 5.10 Å². The van der Waals surface area contributed by atoms with Crippen molar-refractivity contribution >= 4 is 11.7 Å². The number of nitrogen functional groups attached to an aromatic ring is 1. The summed E-state index contributed by atoms with van der Waals surface area (Å²) in [4.78, 5) is 11.7. The Labute approximate surface area is 92.2 Å². The highest BCUT2D eigenvalue weighted by atomic mass is 16.5. The predicted molar refractivity (Wildman–Crippen MR) is 59.1 cm³/mol. The van der Waals surface area contributed by atoms with Gasteiger partial charge < -0.3 is 10.5 Å². The molecule has 3 N–H and O–H groups in total. The van der Waals surface area contributed by atoms with Crippen molar-refractivity contribution in [2.45, 2.75) is 6.92 Å². The number of para-hydroxylation sites is 1. The molecule has 2 aromatic rings. The Bertz CT molecular complexity index is 519. The van der Waals surface area contributed by atoms with Gasteiger partial charge in [0.25, 0.3) is 0 Å². The monoisotopic (exact) mass is 217 g/mol. The summed E-state index contributed by atoms with van der Waals surface area (Å²) >= 11 is 0. The zero-order valence-corrected chi connectivity index (χ0v) is 8.73. The van der Waals surface area contributed by atoms with E-state index < -0.39 is 5.97 Å². The van der Waals surface area contributed by atoms with Crippen LogP contribution in [-0.4, -0.2) is 16.2 Å². The fourth-order valence-corrected chi connectivity index (χ4v) is 1.28. The summed E-state index contributed by atoms with van der Waals surface area (Å²) < 4.78 is 5.18. The van der Waals surface area contributed by atoms with Gasteiger partial charge in [0.05, 0.1) is 11.9 Å². The number of nitrogens with two attached hydrogens (primary N) is 1. The van der Waals surface area contributed by atoms with Crippen LogP contribution in [0.5, 0.6) is 5.75 Å². The second-order valence-corrected chi connectivity index (χ2v) is 3.36. The Hall–Kier alpha value is -2.30. The Morgan fingerprint density at radius 1 is 1.44 bits per heavy atom. The van der Waals surface area contributed by atoms with E-state index in [1.807, 2.05) is 19.1 Å². The van der Waals surface area contributed by atoms with Gasteiger partial charge in [-0.2, -0.15) is 5.10 Å². The minimum atomic E-state index is -0.538. The lowest BCUT2D eigenvalue weighted by Crippen LogP contribution is -2.11. The minimum absolute atomic E-state index is 0.170. The maximum absolute atomic E-state index is 11.7. The zero-order chi connectivity index (χ0) is 11.5. The van der Waals surface area contributed by atoms with Gasteiger partial charge in [-0.25, -0.2) is 4.79 Å². The van der Waals surface area contributed by atoms with Crippen LogP contribution >= 0.6 is 0 Å². The zero-order valence-electron chi connectivity index (χ0n) is 8.73. The number of carbonyl (C=O) groups is 1. The van der Waals surface area contributed by atoms with Gasteiger partial charge in [-0.05, 0) is 18.6 Å². The van der Waals surface area contributed by atoms with Crippen molar-refractivity contribution in [2.24, 2.45) is 0 Å². The van der Waals surface area contributed by atoms with E-state index in [-0.39, 0.29) is 11.4 Å². The molecule has 0 fully saturated rings. The number of hydrogen-bond acceptors (Lipinski definition) is 4. The van der Waals surface area contributed by atoms with Crippen LogP contribution in [0, 0.1) is 6.92 Å². The number of rotatable bonds is 2. The number of aryl methyl sites for hydroxylation is 1. The van der Waals surface area contributed by atoms with Crippen LogP contribution in [-0.2, 0) is 0 Å². The van der Waals surface area contributed by atoms with Gasteiger partial charge in [0, 0.05) is 0 Å². The second-order valence-electron chi connectivity index (χ2n) is 3.36. The third kappa shape index (κ3) is 1.88. The van der Waals surface area contributed by atoms with Crippen molar-refractivity contribution in [3.05, 3.63) is 41.7 Å². The molecule has 0 aliphatic heterocycles. The van der Waals surface area contributed by atoms with Crippen LogP contribution in [0.15, 0.2) is 30.5 Å². The Kier molecular flexibility index (Phi) is 2.59. The molecule has 0 saturated carbocycles. The van der Waals surface area contributed by atoms with Crippen molar-refractivity contribution in [2.75, 3.05) is 5.73 Å². The van der Waals surface area contributed by atoms with Gasteiger partial charge in [0.1, 0.15) is 5.75 Å². The summed E-state index contributed by atoms with van der Waals surface area (Å²) in [5.74, 6) is -0.0224. The molecule has 5 nitrogen and oxygen atoms in total. The molecule has 5 heteroatoms. The molecule has 1 aromatic heterocycles. The van der Waals surface area contributed by atoms with Crippen molar-refractivity contribution in [1.29, 1.82) is 0 Å². The Balaban J connectivity index is 2.21. The van der Waals surface area contributed by atoms with Gasteiger partial charge in [0.15, 0.2) is 5.69 Å². The fourth-order valence-electron chi connectivity index (χ4n) is 1.28. The van der Waals surface area contributed by atoms with E-state index in [2.05, 4.69) is 10.2 Å². The molecule has 16 heavy (non-hydrogen) atoms. The Morgan fingerprint density at radius 2 is 2.19 bits per heavy atom. The molecular weight excluding hydrogens is 206 g/mol. The van der Waals surface area contributed by atoms with Crippen molar-refractivity contribution in [3.8, 4) is 5.75 Å². The van der Waals surface area contributed by atoms with Gasteiger partial charge in [-0.15, -0.1) is 0 Å². The van der Waals surface area contributed by atoms with E-state index >= 15 is 0 Å². The van der Waals surface area contributed by atoms with Crippen LogP contribution in [0.3, 0.4) is 0 Å². The highest BCUT2D eigenvalue weighted by molar-refractivity contribution is 5.94. The summed E-state index contributed by atoms with van der Waals surface area (Å²) in [5.41, 5.74) is 6.87. The minimum Gasteiger partial charge on any atom is -0.421 e. The quantitative estimate of drug-likeness (QED) is 0.590. The first-order valence-electron chi connectivity index (χ1n) is 4.75. The normalized spacial score (nSPS) is 10.1. The molecule has 1 aromatic carbocycles. The van der Waals surface area contributed by atoms with Crippen LogP contribution < -0.4 is 10.5 Å². The van der Waals surface area contributed by atoms with Crippen LogP contribution in [0.25, 0.3) is 0 Å². The molecule has 0 amide bonds. The Morgan fingerprint density at radius 3 is 2.81 bits per heavy atom. The van der Waals surface area contributed by atoms with Crippen LogP contribution in [0.2, 0.25) is 0 Å². The van der Waals surface area contributed by atoms with E-state index in [4.69, 9.17) is 10.5 Å². The first-order chi connectivity index (χ1) is 7.68. The SMILES string of the molecule is Cc1ccccc1OC(=O)c1[nH]ncc1N. The largest absolute Gasteiger partial charge is 0.421 e. The van der Waals surface area contributed by atoms with Crippen LogP contribution in [0.1, 0.15) is 16.1 Å². The van der Waals surface area contributed by atoms with Crippen molar-refractivity contribution in [3.63, 3.8) is 0 Å². The van der Waals surface area contributed by atoms with Gasteiger partial charge in [-0.1, -0.05) is 18.2 Å². The molecule has 0 aliphatic carbocycles. The number of esters is 1. The molecule has 0 radical (unpaired) electrons. The van der Waals surface area contributed by atoms with E-state index in [1.165, 1.54) is 6.20 Å². The molecule has 1 heterocycles. The van der Waals surface area contributed by atoms with E-state index in [0.29, 0.717) is 5.75 Å². The highest BCUT2D eigenvalue weighted by Gasteiger charge is 2.14. The molecule has 0 unspecified atom stereocenters. The first-order valence-corrected chi connectivity index (χ1v) is 4.75. The summed E-state index contributed by atoms with van der Waals surface area (Å²) in [7, 11) is 0.